The molecule has 4 aromatic rings. The summed E-state index contributed by atoms with van der Waals surface area (Å²) in [6.45, 7) is 5.09. The van der Waals surface area contributed by atoms with Gasteiger partial charge in [0.05, 0.1) is 35.1 Å². The molecule has 1 aliphatic heterocycles. The van der Waals surface area contributed by atoms with Crippen molar-refractivity contribution in [3.05, 3.63) is 66.1 Å². The minimum absolute atomic E-state index is 0.0806. The Kier molecular flexibility index (Phi) is 6.14. The number of nitrogens with zero attached hydrogens (tertiary/aromatic N) is 5. The fourth-order valence-corrected chi connectivity index (χ4v) is 6.35. The predicted octanol–water partition coefficient (Wildman–Crippen LogP) is 3.09. The summed E-state index contributed by atoms with van der Waals surface area (Å²) < 4.78 is 28.3. The minimum atomic E-state index is -3.08. The van der Waals surface area contributed by atoms with E-state index in [0.29, 0.717) is 30.0 Å². The van der Waals surface area contributed by atoms with Gasteiger partial charge >= 0.3 is 0 Å². The SMILES string of the molecule is Cc1ccc(-c2cc3c(nc(C)n3C3CCS(=O)(=O)C3)c(C(=O)NCCCn3ccnc3)n2)cc1. The van der Waals surface area contributed by atoms with E-state index in [1.165, 1.54) is 0 Å². The molecule has 0 radical (unpaired) electrons. The molecule has 1 unspecified atom stereocenters. The highest BCUT2D eigenvalue weighted by atomic mass is 32.2. The topological polar surface area (TPSA) is 112 Å². The van der Waals surface area contributed by atoms with Gasteiger partial charge in [-0.3, -0.25) is 4.79 Å². The van der Waals surface area contributed by atoms with E-state index in [1.54, 1.807) is 12.5 Å². The van der Waals surface area contributed by atoms with Crippen molar-refractivity contribution < 1.29 is 13.2 Å². The number of carbonyl (C=O) groups excluding carboxylic acids is 1. The van der Waals surface area contributed by atoms with E-state index in [0.717, 1.165) is 29.6 Å². The first-order valence-electron chi connectivity index (χ1n) is 11.7. The van der Waals surface area contributed by atoms with Crippen LogP contribution in [0.15, 0.2) is 49.1 Å². The molecule has 1 N–H and O–H groups in total. The Labute approximate surface area is 204 Å². The lowest BCUT2D eigenvalue weighted by molar-refractivity contribution is 0.0949. The zero-order valence-corrected chi connectivity index (χ0v) is 20.6. The number of amides is 1. The lowest BCUT2D eigenvalue weighted by atomic mass is 10.1. The van der Waals surface area contributed by atoms with E-state index in [-0.39, 0.29) is 29.1 Å². The van der Waals surface area contributed by atoms with Crippen LogP contribution in [0.5, 0.6) is 0 Å². The molecule has 0 bridgehead atoms. The third-order valence-corrected chi connectivity index (χ3v) is 8.18. The molecule has 5 rings (SSSR count). The molecule has 1 saturated heterocycles. The highest BCUT2D eigenvalue weighted by Gasteiger charge is 2.32. The molecule has 1 aromatic carbocycles. The molecule has 35 heavy (non-hydrogen) atoms. The molecule has 0 spiro atoms. The Morgan fingerprint density at radius 1 is 1.17 bits per heavy atom. The number of benzene rings is 1. The van der Waals surface area contributed by atoms with Crippen molar-refractivity contribution in [1.82, 2.24) is 29.4 Å². The van der Waals surface area contributed by atoms with Crippen LogP contribution in [0.2, 0.25) is 0 Å². The summed E-state index contributed by atoms with van der Waals surface area (Å²) in [7, 11) is -3.08. The smallest absolute Gasteiger partial charge is 0.272 e. The van der Waals surface area contributed by atoms with Crippen LogP contribution in [-0.4, -0.2) is 56.5 Å². The number of aromatic nitrogens is 5. The van der Waals surface area contributed by atoms with Gasteiger partial charge in [-0.05, 0) is 32.8 Å². The largest absolute Gasteiger partial charge is 0.351 e. The average Bonchev–Trinajstić information content (AvgIpc) is 3.54. The maximum Gasteiger partial charge on any atom is 0.272 e. The first-order valence-corrected chi connectivity index (χ1v) is 13.5. The van der Waals surface area contributed by atoms with Gasteiger partial charge in [0.1, 0.15) is 11.3 Å². The van der Waals surface area contributed by atoms with E-state index < -0.39 is 9.84 Å². The number of aryl methyl sites for hydroxylation is 3. The Hall–Kier alpha value is -3.53. The van der Waals surface area contributed by atoms with Gasteiger partial charge in [-0.2, -0.15) is 0 Å². The van der Waals surface area contributed by atoms with Crippen LogP contribution >= 0.6 is 0 Å². The van der Waals surface area contributed by atoms with Crippen molar-refractivity contribution >= 4 is 26.8 Å². The number of hydrogen-bond donors (Lipinski definition) is 1. The quantitative estimate of drug-likeness (QED) is 0.397. The van der Waals surface area contributed by atoms with Crippen LogP contribution < -0.4 is 5.32 Å². The molecule has 1 atom stereocenters. The van der Waals surface area contributed by atoms with Crippen molar-refractivity contribution in [3.63, 3.8) is 0 Å². The molecule has 1 fully saturated rings. The van der Waals surface area contributed by atoms with Gasteiger partial charge < -0.3 is 14.5 Å². The summed E-state index contributed by atoms with van der Waals surface area (Å²) in [5.74, 6) is 0.631. The Morgan fingerprint density at radius 2 is 1.97 bits per heavy atom. The molecule has 9 nitrogen and oxygen atoms in total. The van der Waals surface area contributed by atoms with Crippen LogP contribution in [0, 0.1) is 13.8 Å². The van der Waals surface area contributed by atoms with Gasteiger partial charge in [-0.25, -0.2) is 23.4 Å². The summed E-state index contributed by atoms with van der Waals surface area (Å²) in [5.41, 5.74) is 4.15. The molecular formula is C25H28N6O3S. The van der Waals surface area contributed by atoms with Crippen LogP contribution in [0.25, 0.3) is 22.3 Å². The molecule has 10 heteroatoms. The third kappa shape index (κ3) is 4.84. The fraction of sp³-hybridized carbons (Fsp3) is 0.360. The molecule has 1 amide bonds. The zero-order valence-electron chi connectivity index (χ0n) is 19.8. The monoisotopic (exact) mass is 492 g/mol. The zero-order chi connectivity index (χ0) is 24.6. The maximum atomic E-state index is 13.3. The fourth-order valence-electron chi connectivity index (χ4n) is 4.65. The maximum absolute atomic E-state index is 13.3. The van der Waals surface area contributed by atoms with Crippen LogP contribution in [0.1, 0.15) is 40.8 Å². The van der Waals surface area contributed by atoms with Crippen molar-refractivity contribution in [3.8, 4) is 11.3 Å². The minimum Gasteiger partial charge on any atom is -0.351 e. The normalized spacial score (nSPS) is 17.1. The van der Waals surface area contributed by atoms with Crippen LogP contribution in [-0.2, 0) is 16.4 Å². The van der Waals surface area contributed by atoms with Crippen molar-refractivity contribution in [2.45, 2.75) is 39.3 Å². The van der Waals surface area contributed by atoms with Gasteiger partial charge in [0.25, 0.3) is 5.91 Å². The predicted molar refractivity (Wildman–Crippen MR) is 134 cm³/mol. The van der Waals surface area contributed by atoms with E-state index in [4.69, 9.17) is 4.98 Å². The van der Waals surface area contributed by atoms with Crippen LogP contribution in [0.4, 0.5) is 0 Å². The number of carbonyl (C=O) groups is 1. The van der Waals surface area contributed by atoms with Gasteiger partial charge in [0.15, 0.2) is 15.5 Å². The number of sulfone groups is 1. The van der Waals surface area contributed by atoms with Crippen molar-refractivity contribution in [2.75, 3.05) is 18.1 Å². The highest BCUT2D eigenvalue weighted by Crippen LogP contribution is 2.32. The van der Waals surface area contributed by atoms with E-state index in [1.807, 2.05) is 59.5 Å². The molecule has 3 aromatic heterocycles. The second-order valence-electron chi connectivity index (χ2n) is 9.09. The summed E-state index contributed by atoms with van der Waals surface area (Å²) in [6, 6.07) is 9.67. The molecule has 1 aliphatic rings. The summed E-state index contributed by atoms with van der Waals surface area (Å²) in [6.07, 6.45) is 6.64. The first kappa shape index (κ1) is 23.2. The number of fused-ring (bicyclic) bond motifs is 1. The van der Waals surface area contributed by atoms with Crippen LogP contribution in [0.3, 0.4) is 0 Å². The molecule has 0 aliphatic carbocycles. The number of pyridine rings is 1. The molecule has 0 saturated carbocycles. The average molecular weight is 493 g/mol. The van der Waals surface area contributed by atoms with Gasteiger partial charge in [-0.15, -0.1) is 0 Å². The number of imidazole rings is 2. The second-order valence-corrected chi connectivity index (χ2v) is 11.3. The molecule has 182 valence electrons. The number of hydrogen-bond acceptors (Lipinski definition) is 6. The Morgan fingerprint density at radius 3 is 2.66 bits per heavy atom. The van der Waals surface area contributed by atoms with Gasteiger partial charge in [0, 0.05) is 31.0 Å². The van der Waals surface area contributed by atoms with Gasteiger partial charge in [-0.1, -0.05) is 29.8 Å². The first-order chi connectivity index (χ1) is 16.8. The summed E-state index contributed by atoms with van der Waals surface area (Å²) in [4.78, 5) is 26.7. The molecular weight excluding hydrogens is 464 g/mol. The van der Waals surface area contributed by atoms with E-state index >= 15 is 0 Å². The summed E-state index contributed by atoms with van der Waals surface area (Å²) >= 11 is 0. The van der Waals surface area contributed by atoms with E-state index in [9.17, 15) is 13.2 Å². The Balaban J connectivity index is 1.51. The Bertz CT molecular complexity index is 1470. The third-order valence-electron chi connectivity index (χ3n) is 6.43. The van der Waals surface area contributed by atoms with E-state index in [2.05, 4.69) is 15.3 Å². The number of nitrogens with one attached hydrogen (secondary N) is 1. The van der Waals surface area contributed by atoms with Gasteiger partial charge in [0.2, 0.25) is 0 Å². The number of rotatable bonds is 7. The van der Waals surface area contributed by atoms with Crippen molar-refractivity contribution in [1.29, 1.82) is 0 Å². The molecule has 4 heterocycles. The standard InChI is InChI=1S/C25H28N6O3S/c1-17-4-6-19(7-5-17)21-14-22-23(28-18(2)31(22)20-8-13-35(33,34)15-20)24(29-21)25(32)27-9-3-11-30-12-10-26-16-30/h4-7,10,12,14,16,20H,3,8-9,11,13,15H2,1-2H3,(H,27,32). The second kappa shape index (κ2) is 9.26. The summed E-state index contributed by atoms with van der Waals surface area (Å²) in [5, 5.41) is 2.97. The lowest BCUT2D eigenvalue weighted by Crippen LogP contribution is -2.26. The highest BCUT2D eigenvalue weighted by molar-refractivity contribution is 7.91. The lowest BCUT2D eigenvalue weighted by Gasteiger charge is -2.15. The van der Waals surface area contributed by atoms with Crippen molar-refractivity contribution in [2.24, 2.45) is 0 Å².